The molecule has 1 saturated heterocycles. The van der Waals surface area contributed by atoms with Crippen LogP contribution in [0.5, 0.6) is 0 Å². The third-order valence-corrected chi connectivity index (χ3v) is 7.81. The van der Waals surface area contributed by atoms with E-state index in [1.807, 2.05) is 6.07 Å². The Bertz CT molecular complexity index is 720. The topological polar surface area (TPSA) is 23.6 Å². The molecule has 2 fully saturated rings. The van der Waals surface area contributed by atoms with Gasteiger partial charge in [0.1, 0.15) is 5.82 Å². The van der Waals surface area contributed by atoms with Crippen molar-refractivity contribution in [2.75, 3.05) is 26.2 Å². The highest BCUT2D eigenvalue weighted by Crippen LogP contribution is 2.37. The first-order valence-corrected chi connectivity index (χ1v) is 12.3. The lowest BCUT2D eigenvalue weighted by Gasteiger charge is -2.42. The molecule has 30 heavy (non-hydrogen) atoms. The summed E-state index contributed by atoms with van der Waals surface area (Å²) in [5.41, 5.74) is 2.23. The molecule has 3 aliphatic rings. The SMILES string of the molecule is CC(C)C1c2ccc(F)cc2CCN1C(=O)C1CCN(CCC2CCCCC2)CC1. The third-order valence-electron chi connectivity index (χ3n) is 7.81. The van der Waals surface area contributed by atoms with Crippen LogP contribution in [0.2, 0.25) is 0 Å². The molecule has 1 aliphatic carbocycles. The van der Waals surface area contributed by atoms with Gasteiger partial charge in [-0.2, -0.15) is 0 Å². The fourth-order valence-electron chi connectivity index (χ4n) is 6.07. The molecule has 0 N–H and O–H groups in total. The Morgan fingerprint density at radius 1 is 1.07 bits per heavy atom. The number of halogens is 1. The van der Waals surface area contributed by atoms with Crippen LogP contribution in [0.4, 0.5) is 4.39 Å². The van der Waals surface area contributed by atoms with Gasteiger partial charge in [0.2, 0.25) is 5.91 Å². The summed E-state index contributed by atoms with van der Waals surface area (Å²) in [6.07, 6.45) is 11.2. The van der Waals surface area contributed by atoms with E-state index in [4.69, 9.17) is 0 Å². The van der Waals surface area contributed by atoms with Gasteiger partial charge in [-0.1, -0.05) is 52.0 Å². The third kappa shape index (κ3) is 4.90. The van der Waals surface area contributed by atoms with Gasteiger partial charge in [0.05, 0.1) is 6.04 Å². The highest BCUT2D eigenvalue weighted by atomic mass is 19.1. The van der Waals surface area contributed by atoms with Crippen molar-refractivity contribution in [1.82, 2.24) is 9.80 Å². The van der Waals surface area contributed by atoms with Gasteiger partial charge in [-0.15, -0.1) is 0 Å². The van der Waals surface area contributed by atoms with Gasteiger partial charge in [0.25, 0.3) is 0 Å². The second-order valence-corrected chi connectivity index (χ2v) is 10.2. The molecule has 4 rings (SSSR count). The van der Waals surface area contributed by atoms with E-state index in [2.05, 4.69) is 23.6 Å². The summed E-state index contributed by atoms with van der Waals surface area (Å²) < 4.78 is 13.7. The van der Waals surface area contributed by atoms with E-state index >= 15 is 0 Å². The molecule has 1 saturated carbocycles. The summed E-state index contributed by atoms with van der Waals surface area (Å²) in [7, 11) is 0. The molecule has 1 amide bonds. The molecule has 2 heterocycles. The highest BCUT2D eigenvalue weighted by Gasteiger charge is 2.37. The number of likely N-dealkylation sites (tertiary alicyclic amines) is 1. The van der Waals surface area contributed by atoms with Crippen LogP contribution in [-0.4, -0.2) is 41.9 Å². The zero-order chi connectivity index (χ0) is 21.1. The van der Waals surface area contributed by atoms with E-state index in [9.17, 15) is 9.18 Å². The Morgan fingerprint density at radius 3 is 2.50 bits per heavy atom. The summed E-state index contributed by atoms with van der Waals surface area (Å²) in [6.45, 7) is 8.41. The zero-order valence-electron chi connectivity index (χ0n) is 18.9. The van der Waals surface area contributed by atoms with Gasteiger partial charge in [0, 0.05) is 12.5 Å². The monoisotopic (exact) mass is 414 g/mol. The number of piperidine rings is 1. The Labute approximate surface area is 182 Å². The minimum Gasteiger partial charge on any atom is -0.335 e. The molecule has 4 heteroatoms. The molecule has 1 aromatic rings. The predicted molar refractivity (Wildman–Crippen MR) is 120 cm³/mol. The number of nitrogens with zero attached hydrogens (tertiary/aromatic N) is 2. The molecule has 1 aromatic carbocycles. The molecule has 0 radical (unpaired) electrons. The Morgan fingerprint density at radius 2 is 1.80 bits per heavy atom. The Kier molecular flexibility index (Phi) is 7.12. The van der Waals surface area contributed by atoms with E-state index in [0.717, 1.165) is 55.9 Å². The fraction of sp³-hybridized carbons (Fsp3) is 0.731. The number of rotatable bonds is 5. The van der Waals surface area contributed by atoms with Gasteiger partial charge in [-0.05, 0) is 80.4 Å². The van der Waals surface area contributed by atoms with Crippen LogP contribution in [0.1, 0.15) is 82.4 Å². The molecule has 0 spiro atoms. The van der Waals surface area contributed by atoms with Crippen LogP contribution < -0.4 is 0 Å². The van der Waals surface area contributed by atoms with Gasteiger partial charge in [-0.3, -0.25) is 4.79 Å². The molecule has 166 valence electrons. The van der Waals surface area contributed by atoms with E-state index in [1.165, 1.54) is 45.1 Å². The summed E-state index contributed by atoms with van der Waals surface area (Å²) in [5, 5.41) is 0. The molecule has 2 aliphatic heterocycles. The lowest BCUT2D eigenvalue weighted by atomic mass is 9.84. The fourth-order valence-corrected chi connectivity index (χ4v) is 6.07. The Hall–Kier alpha value is -1.42. The molecule has 1 atom stereocenters. The number of hydrogen-bond acceptors (Lipinski definition) is 2. The summed E-state index contributed by atoms with van der Waals surface area (Å²) in [5.74, 6) is 1.57. The van der Waals surface area contributed by atoms with Crippen molar-refractivity contribution < 1.29 is 9.18 Å². The summed E-state index contributed by atoms with van der Waals surface area (Å²) in [6, 6.07) is 5.19. The van der Waals surface area contributed by atoms with Gasteiger partial charge in [-0.25, -0.2) is 4.39 Å². The lowest BCUT2D eigenvalue weighted by molar-refractivity contribution is -0.141. The molecule has 0 aromatic heterocycles. The van der Waals surface area contributed by atoms with Crippen molar-refractivity contribution in [1.29, 1.82) is 0 Å². The second-order valence-electron chi connectivity index (χ2n) is 10.2. The molecular weight excluding hydrogens is 375 g/mol. The van der Waals surface area contributed by atoms with Gasteiger partial charge in [0.15, 0.2) is 0 Å². The molecular formula is C26H39FN2O. The minimum atomic E-state index is -0.170. The minimum absolute atomic E-state index is 0.0752. The van der Waals surface area contributed by atoms with Crippen molar-refractivity contribution in [3.05, 3.63) is 35.1 Å². The smallest absolute Gasteiger partial charge is 0.226 e. The van der Waals surface area contributed by atoms with Gasteiger partial charge >= 0.3 is 0 Å². The van der Waals surface area contributed by atoms with Crippen LogP contribution in [0, 0.1) is 23.6 Å². The number of amides is 1. The van der Waals surface area contributed by atoms with Crippen LogP contribution in [-0.2, 0) is 11.2 Å². The maximum Gasteiger partial charge on any atom is 0.226 e. The second kappa shape index (κ2) is 9.80. The maximum absolute atomic E-state index is 13.7. The van der Waals surface area contributed by atoms with Crippen molar-refractivity contribution >= 4 is 5.91 Å². The van der Waals surface area contributed by atoms with Crippen LogP contribution in [0.25, 0.3) is 0 Å². The maximum atomic E-state index is 13.7. The Balaban J connectivity index is 1.33. The quantitative estimate of drug-likeness (QED) is 0.627. The van der Waals surface area contributed by atoms with Crippen LogP contribution >= 0.6 is 0 Å². The zero-order valence-corrected chi connectivity index (χ0v) is 18.9. The molecule has 1 unspecified atom stereocenters. The summed E-state index contributed by atoms with van der Waals surface area (Å²) >= 11 is 0. The van der Waals surface area contributed by atoms with Crippen molar-refractivity contribution in [3.8, 4) is 0 Å². The number of fused-ring (bicyclic) bond motifs is 1. The average molecular weight is 415 g/mol. The van der Waals surface area contributed by atoms with Crippen molar-refractivity contribution in [3.63, 3.8) is 0 Å². The predicted octanol–water partition coefficient (Wildman–Crippen LogP) is 5.59. The lowest BCUT2D eigenvalue weighted by Crippen LogP contribution is -2.47. The van der Waals surface area contributed by atoms with E-state index < -0.39 is 0 Å². The number of hydrogen-bond donors (Lipinski definition) is 0. The van der Waals surface area contributed by atoms with Crippen molar-refractivity contribution in [2.45, 2.75) is 77.7 Å². The number of benzene rings is 1. The average Bonchev–Trinajstić information content (AvgIpc) is 2.77. The normalized spacial score (nSPS) is 24.3. The van der Waals surface area contributed by atoms with Crippen LogP contribution in [0.15, 0.2) is 18.2 Å². The standard InChI is InChI=1S/C26H39FN2O/c1-19(2)25-24-9-8-23(27)18-22(24)13-17-29(25)26(30)21-11-15-28(16-12-21)14-10-20-6-4-3-5-7-20/h8-9,18-21,25H,3-7,10-17H2,1-2H3. The highest BCUT2D eigenvalue weighted by molar-refractivity contribution is 5.80. The van der Waals surface area contributed by atoms with Gasteiger partial charge < -0.3 is 9.80 Å². The largest absolute Gasteiger partial charge is 0.335 e. The first-order valence-electron chi connectivity index (χ1n) is 12.3. The summed E-state index contributed by atoms with van der Waals surface area (Å²) in [4.78, 5) is 18.2. The van der Waals surface area contributed by atoms with E-state index in [1.54, 1.807) is 12.1 Å². The molecule has 0 bridgehead atoms. The van der Waals surface area contributed by atoms with E-state index in [-0.39, 0.29) is 17.8 Å². The first-order chi connectivity index (χ1) is 14.5. The molecule has 3 nitrogen and oxygen atoms in total. The number of carbonyl (C=O) groups is 1. The first kappa shape index (κ1) is 21.8. The van der Waals surface area contributed by atoms with E-state index in [0.29, 0.717) is 11.8 Å². The number of carbonyl (C=O) groups excluding carboxylic acids is 1. The van der Waals surface area contributed by atoms with Crippen molar-refractivity contribution in [2.24, 2.45) is 17.8 Å². The van der Waals surface area contributed by atoms with Crippen LogP contribution in [0.3, 0.4) is 0 Å².